The van der Waals surface area contributed by atoms with Crippen molar-refractivity contribution in [3.8, 4) is 44.9 Å². The summed E-state index contributed by atoms with van der Waals surface area (Å²) in [5, 5.41) is 5.90. The van der Waals surface area contributed by atoms with E-state index in [9.17, 15) is 0 Å². The number of allylic oxidation sites excluding steroid dienone is 3. The Morgan fingerprint density at radius 1 is 0.511 bits per heavy atom. The summed E-state index contributed by atoms with van der Waals surface area (Å²) in [5.74, 6) is 0. The van der Waals surface area contributed by atoms with Gasteiger partial charge in [-0.05, 0) is 88.3 Å². The Labute approximate surface area is 274 Å². The van der Waals surface area contributed by atoms with E-state index < -0.39 is 0 Å². The van der Waals surface area contributed by atoms with Gasteiger partial charge < -0.3 is 0 Å². The second kappa shape index (κ2) is 12.3. The lowest BCUT2D eigenvalue weighted by molar-refractivity contribution is 1.28. The number of pyridine rings is 3. The number of nitrogens with zero attached hydrogens (tertiary/aromatic N) is 3. The lowest BCUT2D eigenvalue weighted by atomic mass is 9.91. The second-order valence-corrected chi connectivity index (χ2v) is 11.6. The van der Waals surface area contributed by atoms with Gasteiger partial charge in [-0.15, -0.1) is 0 Å². The first kappa shape index (κ1) is 28.3. The van der Waals surface area contributed by atoms with Crippen molar-refractivity contribution in [2.24, 2.45) is 0 Å². The Bertz CT molecular complexity index is 2440. The van der Waals surface area contributed by atoms with E-state index in [4.69, 9.17) is 9.97 Å². The summed E-state index contributed by atoms with van der Waals surface area (Å²) in [6, 6.07) is 47.0. The molecule has 222 valence electrons. The van der Waals surface area contributed by atoms with Crippen molar-refractivity contribution in [2.75, 3.05) is 0 Å². The summed E-state index contributed by atoms with van der Waals surface area (Å²) < 4.78 is 0. The minimum atomic E-state index is 0.919. The van der Waals surface area contributed by atoms with E-state index >= 15 is 0 Å². The van der Waals surface area contributed by atoms with Crippen LogP contribution < -0.4 is 0 Å². The Hall–Kier alpha value is -6.19. The highest BCUT2D eigenvalue weighted by Gasteiger charge is 2.15. The number of aromatic nitrogens is 3. The van der Waals surface area contributed by atoms with Crippen molar-refractivity contribution < 1.29 is 0 Å². The summed E-state index contributed by atoms with van der Waals surface area (Å²) in [6.07, 6.45) is 12.1. The van der Waals surface area contributed by atoms with Gasteiger partial charge in [0.2, 0.25) is 0 Å². The van der Waals surface area contributed by atoms with Gasteiger partial charge in [0.15, 0.2) is 0 Å². The molecule has 5 aromatic carbocycles. The van der Waals surface area contributed by atoms with Gasteiger partial charge in [-0.1, -0.05) is 109 Å². The Kier molecular flexibility index (Phi) is 7.41. The third-order valence-electron chi connectivity index (χ3n) is 8.69. The van der Waals surface area contributed by atoms with Crippen molar-refractivity contribution in [1.82, 2.24) is 15.0 Å². The van der Waals surface area contributed by atoms with Gasteiger partial charge in [0.1, 0.15) is 0 Å². The van der Waals surface area contributed by atoms with E-state index in [1.54, 1.807) is 6.20 Å². The lowest BCUT2D eigenvalue weighted by Crippen LogP contribution is -1.93. The second-order valence-electron chi connectivity index (χ2n) is 11.6. The molecule has 0 saturated carbocycles. The Balaban J connectivity index is 1.28. The average Bonchev–Trinajstić information content (AvgIpc) is 3.14. The van der Waals surface area contributed by atoms with Gasteiger partial charge in [0.25, 0.3) is 0 Å². The molecule has 0 fully saturated rings. The van der Waals surface area contributed by atoms with Crippen molar-refractivity contribution in [1.29, 1.82) is 0 Å². The summed E-state index contributed by atoms with van der Waals surface area (Å²) in [4.78, 5) is 14.5. The minimum absolute atomic E-state index is 0.919. The molecule has 0 saturated heterocycles. The van der Waals surface area contributed by atoms with Crippen LogP contribution in [0.1, 0.15) is 12.5 Å². The van der Waals surface area contributed by atoms with E-state index in [1.165, 1.54) is 16.2 Å². The first-order valence-electron chi connectivity index (χ1n) is 15.9. The van der Waals surface area contributed by atoms with Gasteiger partial charge in [-0.25, -0.2) is 4.98 Å². The fraction of sp³-hybridized carbons (Fsp3) is 0.0227. The molecule has 8 rings (SSSR count). The Morgan fingerprint density at radius 3 is 2.06 bits per heavy atom. The largest absolute Gasteiger partial charge is 0.256 e. The van der Waals surface area contributed by atoms with Crippen molar-refractivity contribution in [3.05, 3.63) is 170 Å². The maximum atomic E-state index is 5.26. The zero-order valence-electron chi connectivity index (χ0n) is 26.0. The van der Waals surface area contributed by atoms with Crippen LogP contribution in [0.3, 0.4) is 0 Å². The van der Waals surface area contributed by atoms with Crippen LogP contribution >= 0.6 is 0 Å². The standard InChI is InChI=1S/C44H31N3/c1-2-3-4-13-34-27-39-37-14-7-8-16-43(37)47-44(35-22-17-30-11-5-6-12-33(30)26-35)40(39)28-38(34)31-18-20-32(21-19-31)42-24-23-36(29-46-42)41-15-9-10-25-45-41/h2-29H,1H3/b3-2-,13-4-. The molecule has 8 aromatic rings. The summed E-state index contributed by atoms with van der Waals surface area (Å²) >= 11 is 0. The summed E-state index contributed by atoms with van der Waals surface area (Å²) in [5.41, 5.74) is 10.5. The quantitative estimate of drug-likeness (QED) is 0.141. The molecule has 0 aliphatic carbocycles. The SMILES string of the molecule is C/C=C\C=C/c1cc2c(cc1-c1ccc(-c3ccc(-c4ccccn4)cn3)cc1)c(-c1ccc3ccccc3c1)nc1ccccc12. The molecule has 0 N–H and O–H groups in total. The van der Waals surface area contributed by atoms with Crippen LogP contribution in [0.4, 0.5) is 0 Å². The summed E-state index contributed by atoms with van der Waals surface area (Å²) in [6.45, 7) is 2.04. The zero-order chi connectivity index (χ0) is 31.6. The van der Waals surface area contributed by atoms with Crippen LogP contribution in [-0.4, -0.2) is 15.0 Å². The van der Waals surface area contributed by atoms with E-state index in [1.807, 2.05) is 31.3 Å². The van der Waals surface area contributed by atoms with E-state index in [2.05, 4.69) is 145 Å². The molecule has 3 heterocycles. The number of fused-ring (bicyclic) bond motifs is 4. The number of benzene rings is 5. The molecule has 0 spiro atoms. The first-order valence-corrected chi connectivity index (χ1v) is 15.9. The normalized spacial score (nSPS) is 11.8. The molecule has 0 bridgehead atoms. The smallest absolute Gasteiger partial charge is 0.0788 e. The molecular formula is C44H31N3. The predicted octanol–water partition coefficient (Wildman–Crippen LogP) is 11.6. The maximum absolute atomic E-state index is 5.26. The van der Waals surface area contributed by atoms with Gasteiger partial charge in [-0.2, -0.15) is 0 Å². The number of hydrogen-bond donors (Lipinski definition) is 0. The fourth-order valence-corrected chi connectivity index (χ4v) is 6.30. The highest BCUT2D eigenvalue weighted by atomic mass is 14.7. The molecule has 3 heteroatoms. The van der Waals surface area contributed by atoms with Gasteiger partial charge in [0, 0.05) is 39.9 Å². The molecule has 47 heavy (non-hydrogen) atoms. The molecule has 0 amide bonds. The van der Waals surface area contributed by atoms with E-state index in [0.29, 0.717) is 0 Å². The van der Waals surface area contributed by atoms with E-state index in [-0.39, 0.29) is 0 Å². The molecule has 0 aliphatic heterocycles. The lowest BCUT2D eigenvalue weighted by Gasteiger charge is -2.15. The summed E-state index contributed by atoms with van der Waals surface area (Å²) in [7, 11) is 0. The van der Waals surface area contributed by atoms with Crippen molar-refractivity contribution in [3.63, 3.8) is 0 Å². The van der Waals surface area contributed by atoms with Crippen molar-refractivity contribution in [2.45, 2.75) is 6.92 Å². The number of hydrogen-bond acceptors (Lipinski definition) is 3. The number of rotatable bonds is 6. The molecule has 0 atom stereocenters. The predicted molar refractivity (Wildman–Crippen MR) is 198 cm³/mol. The third-order valence-corrected chi connectivity index (χ3v) is 8.69. The molecule has 0 radical (unpaired) electrons. The van der Waals surface area contributed by atoms with Gasteiger partial charge >= 0.3 is 0 Å². The number of para-hydroxylation sites is 1. The van der Waals surface area contributed by atoms with E-state index in [0.717, 1.165) is 66.8 Å². The first-order chi connectivity index (χ1) is 23.2. The zero-order valence-corrected chi connectivity index (χ0v) is 26.0. The third kappa shape index (κ3) is 5.49. The monoisotopic (exact) mass is 601 g/mol. The topological polar surface area (TPSA) is 38.7 Å². The fourth-order valence-electron chi connectivity index (χ4n) is 6.30. The molecule has 0 unspecified atom stereocenters. The highest BCUT2D eigenvalue weighted by Crippen LogP contribution is 2.39. The molecule has 3 nitrogen and oxygen atoms in total. The Morgan fingerprint density at radius 2 is 1.26 bits per heavy atom. The van der Waals surface area contributed by atoms with Crippen molar-refractivity contribution >= 4 is 38.5 Å². The maximum Gasteiger partial charge on any atom is 0.0788 e. The van der Waals surface area contributed by atoms with Crippen LogP contribution in [-0.2, 0) is 0 Å². The van der Waals surface area contributed by atoms with Crippen LogP contribution in [0, 0.1) is 0 Å². The van der Waals surface area contributed by atoms with Gasteiger partial charge in [0.05, 0.1) is 22.6 Å². The van der Waals surface area contributed by atoms with Crippen LogP contribution in [0.2, 0.25) is 0 Å². The van der Waals surface area contributed by atoms with Gasteiger partial charge in [-0.3, -0.25) is 9.97 Å². The molecule has 3 aromatic heterocycles. The van der Waals surface area contributed by atoms with Crippen LogP contribution in [0.5, 0.6) is 0 Å². The molecular weight excluding hydrogens is 571 g/mol. The highest BCUT2D eigenvalue weighted by molar-refractivity contribution is 6.13. The minimum Gasteiger partial charge on any atom is -0.256 e. The van der Waals surface area contributed by atoms with Crippen LogP contribution in [0.15, 0.2) is 164 Å². The van der Waals surface area contributed by atoms with Crippen LogP contribution in [0.25, 0.3) is 83.4 Å². The molecule has 0 aliphatic rings. The average molecular weight is 602 g/mol.